The van der Waals surface area contributed by atoms with E-state index in [0.717, 1.165) is 24.2 Å². The van der Waals surface area contributed by atoms with Gasteiger partial charge in [0.15, 0.2) is 0 Å². The van der Waals surface area contributed by atoms with Gasteiger partial charge in [0.1, 0.15) is 6.61 Å². The SMILES string of the molecule is C=CC(=O)OC/C=C(\C)CCC[C@H](C)CCC[C@H](C)CCCC(C)C. The van der Waals surface area contributed by atoms with Crippen LogP contribution in [0.15, 0.2) is 24.3 Å². The van der Waals surface area contributed by atoms with Gasteiger partial charge in [0.05, 0.1) is 0 Å². The summed E-state index contributed by atoms with van der Waals surface area (Å²) in [7, 11) is 0. The molecular weight excluding hydrogens is 308 g/mol. The summed E-state index contributed by atoms with van der Waals surface area (Å²) < 4.78 is 4.97. The molecule has 0 rings (SSSR count). The van der Waals surface area contributed by atoms with Crippen molar-refractivity contribution in [3.8, 4) is 0 Å². The quantitative estimate of drug-likeness (QED) is 0.179. The monoisotopic (exact) mass is 350 g/mol. The maximum absolute atomic E-state index is 11.0. The van der Waals surface area contributed by atoms with Crippen molar-refractivity contribution < 1.29 is 9.53 Å². The van der Waals surface area contributed by atoms with E-state index in [1.807, 2.05) is 6.08 Å². The number of rotatable bonds is 15. The van der Waals surface area contributed by atoms with Crippen LogP contribution in [0.5, 0.6) is 0 Å². The normalized spacial score (nSPS) is 14.4. The number of hydrogen-bond donors (Lipinski definition) is 0. The molecule has 0 spiro atoms. The van der Waals surface area contributed by atoms with Crippen LogP contribution >= 0.6 is 0 Å². The van der Waals surface area contributed by atoms with Crippen LogP contribution < -0.4 is 0 Å². The van der Waals surface area contributed by atoms with E-state index in [0.29, 0.717) is 6.61 Å². The van der Waals surface area contributed by atoms with Crippen molar-refractivity contribution in [2.75, 3.05) is 6.61 Å². The van der Waals surface area contributed by atoms with Crippen molar-refractivity contribution in [1.82, 2.24) is 0 Å². The third-order valence-corrected chi connectivity index (χ3v) is 4.96. The lowest BCUT2D eigenvalue weighted by molar-refractivity contribution is -0.136. The van der Waals surface area contributed by atoms with Gasteiger partial charge < -0.3 is 4.74 Å². The van der Waals surface area contributed by atoms with Gasteiger partial charge in [-0.15, -0.1) is 0 Å². The molecule has 0 aliphatic heterocycles. The number of carbonyl (C=O) groups excluding carboxylic acids is 1. The third kappa shape index (κ3) is 16.2. The Hall–Kier alpha value is -1.05. The number of allylic oxidation sites excluding steroid dienone is 1. The molecule has 0 aliphatic carbocycles. The van der Waals surface area contributed by atoms with E-state index in [2.05, 4.69) is 41.2 Å². The summed E-state index contributed by atoms with van der Waals surface area (Å²) in [6.45, 7) is 15.3. The second-order valence-corrected chi connectivity index (χ2v) is 8.24. The van der Waals surface area contributed by atoms with Crippen molar-refractivity contribution in [3.05, 3.63) is 24.3 Å². The lowest BCUT2D eigenvalue weighted by Crippen LogP contribution is -2.01. The first-order valence-electron chi connectivity index (χ1n) is 10.3. The van der Waals surface area contributed by atoms with Crippen LogP contribution in [0.4, 0.5) is 0 Å². The summed E-state index contributed by atoms with van der Waals surface area (Å²) >= 11 is 0. The zero-order valence-electron chi connectivity index (χ0n) is 17.5. The van der Waals surface area contributed by atoms with Gasteiger partial charge in [0.2, 0.25) is 0 Å². The lowest BCUT2D eigenvalue weighted by Gasteiger charge is -2.15. The predicted molar refractivity (Wildman–Crippen MR) is 110 cm³/mol. The van der Waals surface area contributed by atoms with Crippen LogP contribution in [0.2, 0.25) is 0 Å². The second kappa shape index (κ2) is 15.2. The summed E-state index contributed by atoms with van der Waals surface area (Å²) in [4.78, 5) is 11.0. The fourth-order valence-corrected chi connectivity index (χ4v) is 3.13. The van der Waals surface area contributed by atoms with E-state index < -0.39 is 0 Å². The van der Waals surface area contributed by atoms with Crippen molar-refractivity contribution in [3.63, 3.8) is 0 Å². The van der Waals surface area contributed by atoms with Gasteiger partial charge in [-0.05, 0) is 43.6 Å². The molecule has 0 fully saturated rings. The molecule has 0 bridgehead atoms. The molecular formula is C23H42O2. The Morgan fingerprint density at radius 3 is 1.96 bits per heavy atom. The van der Waals surface area contributed by atoms with Gasteiger partial charge in [0.25, 0.3) is 0 Å². The molecule has 25 heavy (non-hydrogen) atoms. The van der Waals surface area contributed by atoms with Gasteiger partial charge >= 0.3 is 5.97 Å². The Bertz CT molecular complexity index is 382. The first-order chi connectivity index (χ1) is 11.8. The minimum atomic E-state index is -0.351. The molecule has 0 aromatic carbocycles. The van der Waals surface area contributed by atoms with Crippen LogP contribution in [-0.2, 0) is 9.53 Å². The third-order valence-electron chi connectivity index (χ3n) is 4.96. The molecule has 0 amide bonds. The number of ether oxygens (including phenoxy) is 1. The Balaban J connectivity index is 3.66. The van der Waals surface area contributed by atoms with Crippen LogP contribution in [-0.4, -0.2) is 12.6 Å². The average molecular weight is 351 g/mol. The van der Waals surface area contributed by atoms with Crippen LogP contribution in [0.1, 0.15) is 92.4 Å². The molecule has 2 heteroatoms. The van der Waals surface area contributed by atoms with Crippen LogP contribution in [0.3, 0.4) is 0 Å². The van der Waals surface area contributed by atoms with Crippen LogP contribution in [0.25, 0.3) is 0 Å². The van der Waals surface area contributed by atoms with Crippen molar-refractivity contribution >= 4 is 5.97 Å². The second-order valence-electron chi connectivity index (χ2n) is 8.24. The summed E-state index contributed by atoms with van der Waals surface area (Å²) in [5.74, 6) is 2.19. The fraction of sp³-hybridized carbons (Fsp3) is 0.783. The standard InChI is InChI=1S/C23H42O2/c1-7-23(24)25-18-17-22(6)16-10-15-21(5)14-9-13-20(4)12-8-11-19(2)3/h7,17,19-21H,1,8-16,18H2,2-6H3/b22-17+/t20-,21-/m1/s1. The number of carbonyl (C=O) groups is 1. The Labute approximate surface area is 157 Å². The largest absolute Gasteiger partial charge is 0.458 e. The first-order valence-corrected chi connectivity index (χ1v) is 10.3. The van der Waals surface area contributed by atoms with Gasteiger partial charge in [-0.25, -0.2) is 4.79 Å². The molecule has 0 radical (unpaired) electrons. The van der Waals surface area contributed by atoms with Crippen molar-refractivity contribution in [1.29, 1.82) is 0 Å². The highest BCUT2D eigenvalue weighted by Gasteiger charge is 2.06. The minimum absolute atomic E-state index is 0.351. The molecule has 0 unspecified atom stereocenters. The molecule has 2 atom stereocenters. The number of hydrogen-bond acceptors (Lipinski definition) is 2. The fourth-order valence-electron chi connectivity index (χ4n) is 3.13. The first kappa shape index (κ1) is 23.9. The average Bonchev–Trinajstić information content (AvgIpc) is 2.54. The molecule has 0 N–H and O–H groups in total. The molecule has 146 valence electrons. The van der Waals surface area contributed by atoms with Gasteiger partial charge in [0, 0.05) is 6.08 Å². The van der Waals surface area contributed by atoms with E-state index in [1.165, 1.54) is 63.0 Å². The Kier molecular flexibility index (Phi) is 14.6. The van der Waals surface area contributed by atoms with E-state index >= 15 is 0 Å². The highest BCUT2D eigenvalue weighted by Crippen LogP contribution is 2.22. The highest BCUT2D eigenvalue weighted by molar-refractivity contribution is 5.81. The minimum Gasteiger partial charge on any atom is -0.458 e. The Morgan fingerprint density at radius 2 is 1.44 bits per heavy atom. The summed E-state index contributed by atoms with van der Waals surface area (Å²) in [5.41, 5.74) is 1.31. The molecule has 0 aromatic rings. The van der Waals surface area contributed by atoms with Gasteiger partial charge in [-0.2, -0.15) is 0 Å². The zero-order valence-corrected chi connectivity index (χ0v) is 17.5. The van der Waals surface area contributed by atoms with E-state index in [1.54, 1.807) is 0 Å². The van der Waals surface area contributed by atoms with E-state index in [9.17, 15) is 4.79 Å². The molecule has 0 aliphatic rings. The summed E-state index contributed by atoms with van der Waals surface area (Å²) in [6.07, 6.45) is 15.1. The lowest BCUT2D eigenvalue weighted by atomic mass is 9.91. The smallest absolute Gasteiger partial charge is 0.330 e. The van der Waals surface area contributed by atoms with Crippen molar-refractivity contribution in [2.24, 2.45) is 17.8 Å². The maximum Gasteiger partial charge on any atom is 0.330 e. The topological polar surface area (TPSA) is 26.3 Å². The molecule has 0 saturated carbocycles. The van der Waals surface area contributed by atoms with Gasteiger partial charge in [-0.3, -0.25) is 0 Å². The highest BCUT2D eigenvalue weighted by atomic mass is 16.5. The zero-order chi connectivity index (χ0) is 19.1. The molecule has 2 nitrogen and oxygen atoms in total. The van der Waals surface area contributed by atoms with Gasteiger partial charge in [-0.1, -0.05) is 84.8 Å². The molecule has 0 saturated heterocycles. The summed E-state index contributed by atoms with van der Waals surface area (Å²) in [5, 5.41) is 0. The van der Waals surface area contributed by atoms with Crippen LogP contribution in [0, 0.1) is 17.8 Å². The molecule has 0 aromatic heterocycles. The summed E-state index contributed by atoms with van der Waals surface area (Å²) in [6, 6.07) is 0. The van der Waals surface area contributed by atoms with Crippen molar-refractivity contribution in [2.45, 2.75) is 92.4 Å². The maximum atomic E-state index is 11.0. The Morgan fingerprint density at radius 1 is 0.920 bits per heavy atom. The van der Waals surface area contributed by atoms with E-state index in [4.69, 9.17) is 4.74 Å². The van der Waals surface area contributed by atoms with E-state index in [-0.39, 0.29) is 5.97 Å². The number of esters is 1. The predicted octanol–water partition coefficient (Wildman–Crippen LogP) is 7.10. The molecule has 0 heterocycles.